The van der Waals surface area contributed by atoms with Crippen molar-refractivity contribution >= 4 is 16.6 Å². The number of benzene rings is 2. The second-order valence-electron chi connectivity index (χ2n) is 9.18. The first-order valence-electron chi connectivity index (χ1n) is 10.4. The van der Waals surface area contributed by atoms with Gasteiger partial charge in [0.1, 0.15) is 0 Å². The molecule has 1 N–H and O–H groups in total. The van der Waals surface area contributed by atoms with Crippen LogP contribution in [0.4, 0.5) is 5.69 Å². The van der Waals surface area contributed by atoms with Gasteiger partial charge in [-0.3, -0.25) is 4.90 Å². The van der Waals surface area contributed by atoms with Crippen molar-refractivity contribution in [3.05, 3.63) is 66.4 Å². The Morgan fingerprint density at radius 2 is 1.50 bits per heavy atom. The van der Waals surface area contributed by atoms with E-state index in [-0.39, 0.29) is 5.54 Å². The highest BCUT2D eigenvalue weighted by molar-refractivity contribution is 5.92. The molecule has 3 heteroatoms. The zero-order valence-electron chi connectivity index (χ0n) is 17.7. The number of aromatic amines is 1. The van der Waals surface area contributed by atoms with Crippen LogP contribution in [0.2, 0.25) is 0 Å². The fraction of sp³-hybridized carbons (Fsp3) is 0.440. The monoisotopic (exact) mass is 375 g/mol. The first-order valence-corrected chi connectivity index (χ1v) is 10.4. The van der Waals surface area contributed by atoms with Gasteiger partial charge in [-0.2, -0.15) is 0 Å². The van der Waals surface area contributed by atoms with Crippen molar-refractivity contribution < 1.29 is 0 Å². The van der Waals surface area contributed by atoms with Gasteiger partial charge in [-0.1, -0.05) is 55.5 Å². The summed E-state index contributed by atoms with van der Waals surface area (Å²) in [6, 6.07) is 19.7. The number of aromatic nitrogens is 1. The summed E-state index contributed by atoms with van der Waals surface area (Å²) in [6.45, 7) is 3.57. The highest BCUT2D eigenvalue weighted by atomic mass is 15.2. The van der Waals surface area contributed by atoms with Crippen molar-refractivity contribution in [3.8, 4) is 0 Å². The quantitative estimate of drug-likeness (QED) is 0.623. The molecule has 0 atom stereocenters. The Labute approximate surface area is 169 Å². The second kappa shape index (κ2) is 7.29. The molecule has 28 heavy (non-hydrogen) atoms. The highest BCUT2D eigenvalue weighted by Gasteiger charge is 2.43. The number of H-pyrrole nitrogens is 1. The summed E-state index contributed by atoms with van der Waals surface area (Å²) < 4.78 is 0. The van der Waals surface area contributed by atoms with Gasteiger partial charge in [0.05, 0.1) is 5.69 Å². The zero-order valence-corrected chi connectivity index (χ0v) is 17.7. The molecule has 3 aromatic rings. The van der Waals surface area contributed by atoms with E-state index in [2.05, 4.69) is 104 Å². The molecule has 3 nitrogen and oxygen atoms in total. The summed E-state index contributed by atoms with van der Waals surface area (Å²) in [5.41, 5.74) is 4.49. The number of hydrogen-bond acceptors (Lipinski definition) is 2. The molecule has 0 aliphatic heterocycles. The lowest BCUT2D eigenvalue weighted by Gasteiger charge is -2.50. The smallest absolute Gasteiger partial charge is 0.0621 e. The van der Waals surface area contributed by atoms with Crippen molar-refractivity contribution in [2.45, 2.75) is 38.1 Å². The molecule has 0 unspecified atom stereocenters. The predicted octanol–water partition coefficient (Wildman–Crippen LogP) is 5.64. The molecule has 0 radical (unpaired) electrons. The average Bonchev–Trinajstić information content (AvgIpc) is 3.13. The van der Waals surface area contributed by atoms with Gasteiger partial charge >= 0.3 is 0 Å². The molecule has 148 valence electrons. The Kier molecular flexibility index (Phi) is 4.96. The van der Waals surface area contributed by atoms with Crippen LogP contribution < -0.4 is 4.90 Å². The first kappa shape index (κ1) is 19.1. The van der Waals surface area contributed by atoms with E-state index >= 15 is 0 Å². The first-order chi connectivity index (χ1) is 13.4. The van der Waals surface area contributed by atoms with Crippen LogP contribution in [0, 0.1) is 5.41 Å². The van der Waals surface area contributed by atoms with Crippen LogP contribution in [0.1, 0.15) is 38.2 Å². The van der Waals surface area contributed by atoms with E-state index < -0.39 is 0 Å². The minimum Gasteiger partial charge on any atom is -0.372 e. The van der Waals surface area contributed by atoms with Crippen LogP contribution in [-0.2, 0) is 5.54 Å². The highest BCUT2D eigenvalue weighted by Crippen LogP contribution is 2.48. The Hall–Kier alpha value is -2.26. The van der Waals surface area contributed by atoms with Gasteiger partial charge in [-0.15, -0.1) is 0 Å². The Morgan fingerprint density at radius 1 is 0.857 bits per heavy atom. The van der Waals surface area contributed by atoms with Crippen LogP contribution >= 0.6 is 0 Å². The molecule has 1 heterocycles. The van der Waals surface area contributed by atoms with Crippen LogP contribution in [-0.4, -0.2) is 37.6 Å². The number of fused-ring (bicyclic) bond motifs is 1. The van der Waals surface area contributed by atoms with Gasteiger partial charge < -0.3 is 9.88 Å². The third kappa shape index (κ3) is 3.33. The van der Waals surface area contributed by atoms with Crippen molar-refractivity contribution in [2.24, 2.45) is 5.41 Å². The number of rotatable bonds is 5. The van der Waals surface area contributed by atoms with Crippen molar-refractivity contribution in [2.75, 3.05) is 32.6 Å². The third-order valence-corrected chi connectivity index (χ3v) is 7.05. The lowest BCUT2D eigenvalue weighted by molar-refractivity contribution is 0.0457. The molecular weight excluding hydrogens is 342 g/mol. The molecule has 1 aromatic heterocycles. The third-order valence-electron chi connectivity index (χ3n) is 7.05. The van der Waals surface area contributed by atoms with E-state index in [1.807, 2.05) is 0 Å². The minimum atomic E-state index is 0.167. The van der Waals surface area contributed by atoms with E-state index in [0.717, 1.165) is 6.54 Å². The fourth-order valence-corrected chi connectivity index (χ4v) is 5.20. The molecule has 1 fully saturated rings. The zero-order chi connectivity index (χ0) is 19.8. The standard InChI is InChI=1S/C25H33N3/c1-24(19-28(4)23-18-26-22-13-9-8-12-21(22)23)14-16-25(17-15-24,27(2)3)20-10-6-5-7-11-20/h5-13,18,26H,14-17,19H2,1-4H3. The van der Waals surface area contributed by atoms with Crippen molar-refractivity contribution in [1.29, 1.82) is 0 Å². The van der Waals surface area contributed by atoms with Gasteiger partial charge in [0.25, 0.3) is 0 Å². The largest absolute Gasteiger partial charge is 0.372 e. The van der Waals surface area contributed by atoms with Crippen molar-refractivity contribution in [3.63, 3.8) is 0 Å². The number of hydrogen-bond donors (Lipinski definition) is 1. The topological polar surface area (TPSA) is 22.3 Å². The van der Waals surface area contributed by atoms with Crippen LogP contribution in [0.3, 0.4) is 0 Å². The van der Waals surface area contributed by atoms with Crippen LogP contribution in [0.15, 0.2) is 60.8 Å². The molecular formula is C25H33N3. The molecule has 1 saturated carbocycles. The molecule has 1 aliphatic rings. The van der Waals surface area contributed by atoms with E-state index in [9.17, 15) is 0 Å². The van der Waals surface area contributed by atoms with E-state index in [1.54, 1.807) is 0 Å². The lowest BCUT2D eigenvalue weighted by Crippen LogP contribution is -2.48. The number of anilines is 1. The van der Waals surface area contributed by atoms with Crippen LogP contribution in [0.5, 0.6) is 0 Å². The maximum absolute atomic E-state index is 3.42. The van der Waals surface area contributed by atoms with Crippen molar-refractivity contribution in [1.82, 2.24) is 9.88 Å². The maximum Gasteiger partial charge on any atom is 0.0621 e. The van der Waals surface area contributed by atoms with Gasteiger partial charge in [-0.25, -0.2) is 0 Å². The van der Waals surface area contributed by atoms with Gasteiger partial charge in [0.15, 0.2) is 0 Å². The summed E-state index contributed by atoms with van der Waals surface area (Å²) in [5, 5.41) is 1.32. The minimum absolute atomic E-state index is 0.167. The molecule has 0 spiro atoms. The molecule has 0 amide bonds. The summed E-state index contributed by atoms with van der Waals surface area (Å²) >= 11 is 0. The average molecular weight is 376 g/mol. The SMILES string of the molecule is CN(CC1(C)CCC(c2ccccc2)(N(C)C)CC1)c1c[nH]c2ccccc12. The molecule has 0 saturated heterocycles. The Morgan fingerprint density at radius 3 is 2.18 bits per heavy atom. The summed E-state index contributed by atoms with van der Waals surface area (Å²) in [5.74, 6) is 0. The predicted molar refractivity (Wildman–Crippen MR) is 120 cm³/mol. The number of nitrogens with zero attached hydrogens (tertiary/aromatic N) is 2. The molecule has 4 rings (SSSR count). The molecule has 2 aromatic carbocycles. The second-order valence-corrected chi connectivity index (χ2v) is 9.18. The number of nitrogens with one attached hydrogen (secondary N) is 1. The lowest BCUT2D eigenvalue weighted by atomic mass is 9.65. The maximum atomic E-state index is 3.42. The summed E-state index contributed by atoms with van der Waals surface area (Å²) in [4.78, 5) is 8.32. The van der Waals surface area contributed by atoms with Crippen LogP contribution in [0.25, 0.3) is 10.9 Å². The number of para-hydroxylation sites is 1. The molecule has 1 aliphatic carbocycles. The summed E-state index contributed by atoms with van der Waals surface area (Å²) in [6.07, 6.45) is 7.06. The van der Waals surface area contributed by atoms with E-state index in [0.29, 0.717) is 5.41 Å². The molecule has 0 bridgehead atoms. The van der Waals surface area contributed by atoms with E-state index in [1.165, 1.54) is 47.8 Å². The van der Waals surface area contributed by atoms with Gasteiger partial charge in [0.2, 0.25) is 0 Å². The van der Waals surface area contributed by atoms with Gasteiger partial charge in [-0.05, 0) is 56.8 Å². The Balaban J connectivity index is 1.51. The Bertz CT molecular complexity index is 917. The van der Waals surface area contributed by atoms with Gasteiger partial charge in [0, 0.05) is 36.2 Å². The summed E-state index contributed by atoms with van der Waals surface area (Å²) in [7, 11) is 6.73. The van der Waals surface area contributed by atoms with E-state index in [4.69, 9.17) is 0 Å². The normalized spacial score (nSPS) is 25.3. The fourth-order valence-electron chi connectivity index (χ4n) is 5.20.